The minimum Gasteiger partial charge on any atom is -0.327 e. The highest BCUT2D eigenvalue weighted by Gasteiger charge is 2.05. The molecule has 3 heteroatoms. The third-order valence-electron chi connectivity index (χ3n) is 2.10. The van der Waals surface area contributed by atoms with E-state index in [4.69, 9.17) is 5.73 Å². The Morgan fingerprint density at radius 3 is 2.92 bits per heavy atom. The van der Waals surface area contributed by atoms with Crippen LogP contribution < -0.4 is 5.73 Å². The number of hydrogen-bond donors (Lipinski definition) is 1. The second-order valence-corrected chi connectivity index (χ2v) is 3.01. The predicted octanol–water partition coefficient (Wildman–Crippen LogP) is 1.18. The topological polar surface area (TPSA) is 43.8 Å². The van der Waals surface area contributed by atoms with Crippen molar-refractivity contribution in [3.8, 4) is 0 Å². The number of hydrogen-bond acceptors (Lipinski definition) is 2. The van der Waals surface area contributed by atoms with Gasteiger partial charge in [-0.25, -0.2) is 0 Å². The molecule has 0 bridgehead atoms. The Bertz CT molecular complexity index is 229. The molecule has 3 nitrogen and oxygen atoms in total. The molecular formula is C9H17N3. The van der Waals surface area contributed by atoms with Crippen molar-refractivity contribution < 1.29 is 0 Å². The van der Waals surface area contributed by atoms with Crippen molar-refractivity contribution in [1.82, 2.24) is 9.78 Å². The summed E-state index contributed by atoms with van der Waals surface area (Å²) < 4.78 is 2.00. The van der Waals surface area contributed by atoms with Crippen LogP contribution >= 0.6 is 0 Å². The molecule has 68 valence electrons. The molecule has 0 saturated heterocycles. The summed E-state index contributed by atoms with van der Waals surface area (Å²) in [4.78, 5) is 0. The molecule has 0 fully saturated rings. The summed E-state index contributed by atoms with van der Waals surface area (Å²) in [6, 6.07) is 2.31. The smallest absolute Gasteiger partial charge is 0.0492 e. The van der Waals surface area contributed by atoms with Crippen LogP contribution in [0.3, 0.4) is 0 Å². The average Bonchev–Trinajstić information content (AvgIpc) is 2.51. The lowest BCUT2D eigenvalue weighted by Gasteiger charge is -2.09. The van der Waals surface area contributed by atoms with Gasteiger partial charge in [0.1, 0.15) is 0 Å². The van der Waals surface area contributed by atoms with Crippen LogP contribution in [0.15, 0.2) is 12.3 Å². The van der Waals surface area contributed by atoms with Crippen LogP contribution in [0.5, 0.6) is 0 Å². The van der Waals surface area contributed by atoms with E-state index in [-0.39, 0.29) is 6.04 Å². The maximum atomic E-state index is 5.85. The molecule has 0 spiro atoms. The zero-order valence-corrected chi connectivity index (χ0v) is 7.83. The first-order valence-electron chi connectivity index (χ1n) is 4.54. The second kappa shape index (κ2) is 4.26. The van der Waals surface area contributed by atoms with Crippen LogP contribution in [0.1, 0.15) is 26.0 Å². The van der Waals surface area contributed by atoms with E-state index in [0.29, 0.717) is 0 Å². The van der Waals surface area contributed by atoms with Gasteiger partial charge in [0.2, 0.25) is 0 Å². The molecule has 1 unspecified atom stereocenters. The van der Waals surface area contributed by atoms with Crippen molar-refractivity contribution in [2.24, 2.45) is 5.73 Å². The molecule has 0 saturated carbocycles. The highest BCUT2D eigenvalue weighted by Crippen LogP contribution is 2.03. The maximum absolute atomic E-state index is 5.85. The summed E-state index contributed by atoms with van der Waals surface area (Å²) in [5.41, 5.74) is 7.09. The Morgan fingerprint density at radius 2 is 2.33 bits per heavy atom. The average molecular weight is 167 g/mol. The lowest BCUT2D eigenvalue weighted by atomic mass is 10.1. The molecular weight excluding hydrogens is 150 g/mol. The van der Waals surface area contributed by atoms with Gasteiger partial charge in [-0.3, -0.25) is 4.68 Å². The molecule has 0 amide bonds. The fourth-order valence-corrected chi connectivity index (χ4v) is 1.23. The maximum Gasteiger partial charge on any atom is 0.0492 e. The summed E-state index contributed by atoms with van der Waals surface area (Å²) in [6.45, 7) is 5.13. The van der Waals surface area contributed by atoms with Gasteiger partial charge in [-0.2, -0.15) is 5.10 Å². The van der Waals surface area contributed by atoms with E-state index in [1.54, 1.807) is 0 Å². The molecule has 0 aliphatic rings. The molecule has 1 aromatic heterocycles. The van der Waals surface area contributed by atoms with Crippen LogP contribution in [-0.4, -0.2) is 15.8 Å². The lowest BCUT2D eigenvalue weighted by Crippen LogP contribution is -2.23. The van der Waals surface area contributed by atoms with Crippen LogP contribution in [0, 0.1) is 0 Å². The van der Waals surface area contributed by atoms with Gasteiger partial charge in [-0.15, -0.1) is 0 Å². The van der Waals surface area contributed by atoms with E-state index >= 15 is 0 Å². The zero-order valence-electron chi connectivity index (χ0n) is 7.83. The highest BCUT2D eigenvalue weighted by atomic mass is 15.3. The van der Waals surface area contributed by atoms with E-state index < -0.39 is 0 Å². The summed E-state index contributed by atoms with van der Waals surface area (Å²) in [5.74, 6) is 0. The minimum absolute atomic E-state index is 0.270. The SMILES string of the molecule is CCC(N)Cc1ccnn1CC. The molecule has 0 radical (unpaired) electrons. The van der Waals surface area contributed by atoms with E-state index in [0.717, 1.165) is 19.4 Å². The van der Waals surface area contributed by atoms with Gasteiger partial charge >= 0.3 is 0 Å². The number of aromatic nitrogens is 2. The van der Waals surface area contributed by atoms with Gasteiger partial charge in [0.05, 0.1) is 0 Å². The molecule has 1 rings (SSSR count). The van der Waals surface area contributed by atoms with E-state index in [9.17, 15) is 0 Å². The third-order valence-corrected chi connectivity index (χ3v) is 2.10. The molecule has 1 atom stereocenters. The Kier molecular flexibility index (Phi) is 3.29. The van der Waals surface area contributed by atoms with Crippen molar-refractivity contribution in [1.29, 1.82) is 0 Å². The van der Waals surface area contributed by atoms with Gasteiger partial charge < -0.3 is 5.73 Å². The zero-order chi connectivity index (χ0) is 8.97. The Labute approximate surface area is 73.6 Å². The molecule has 0 aliphatic heterocycles. The van der Waals surface area contributed by atoms with Crippen molar-refractivity contribution >= 4 is 0 Å². The Morgan fingerprint density at radius 1 is 1.58 bits per heavy atom. The number of aryl methyl sites for hydroxylation is 1. The normalized spacial score (nSPS) is 13.2. The standard InChI is InChI=1S/C9H17N3/c1-3-8(10)7-9-5-6-11-12(9)4-2/h5-6,8H,3-4,7,10H2,1-2H3. The first kappa shape index (κ1) is 9.26. The second-order valence-electron chi connectivity index (χ2n) is 3.01. The van der Waals surface area contributed by atoms with E-state index in [2.05, 4.69) is 18.9 Å². The van der Waals surface area contributed by atoms with Gasteiger partial charge in [-0.05, 0) is 19.4 Å². The highest BCUT2D eigenvalue weighted by molar-refractivity contribution is 5.02. The first-order valence-corrected chi connectivity index (χ1v) is 4.54. The molecule has 1 aromatic rings. The third kappa shape index (κ3) is 2.08. The van der Waals surface area contributed by atoms with Gasteiger partial charge in [0.25, 0.3) is 0 Å². The Balaban J connectivity index is 2.61. The van der Waals surface area contributed by atoms with Crippen LogP contribution in [0.25, 0.3) is 0 Å². The van der Waals surface area contributed by atoms with Gasteiger partial charge in [0, 0.05) is 30.9 Å². The Hall–Kier alpha value is -0.830. The number of rotatable bonds is 4. The van der Waals surface area contributed by atoms with Crippen molar-refractivity contribution in [3.05, 3.63) is 18.0 Å². The summed E-state index contributed by atoms with van der Waals surface area (Å²) in [5, 5.41) is 4.18. The molecule has 1 heterocycles. The van der Waals surface area contributed by atoms with Crippen LogP contribution in [0.4, 0.5) is 0 Å². The van der Waals surface area contributed by atoms with Gasteiger partial charge in [-0.1, -0.05) is 6.92 Å². The molecule has 2 N–H and O–H groups in total. The first-order chi connectivity index (χ1) is 5.77. The predicted molar refractivity (Wildman–Crippen MR) is 49.9 cm³/mol. The number of nitrogens with two attached hydrogens (primary N) is 1. The fraction of sp³-hybridized carbons (Fsp3) is 0.667. The van der Waals surface area contributed by atoms with Gasteiger partial charge in [0.15, 0.2) is 0 Å². The summed E-state index contributed by atoms with van der Waals surface area (Å²) in [6.07, 6.45) is 3.79. The van der Waals surface area contributed by atoms with Crippen molar-refractivity contribution in [2.45, 2.75) is 39.3 Å². The summed E-state index contributed by atoms with van der Waals surface area (Å²) >= 11 is 0. The summed E-state index contributed by atoms with van der Waals surface area (Å²) in [7, 11) is 0. The number of nitrogens with zero attached hydrogens (tertiary/aromatic N) is 2. The van der Waals surface area contributed by atoms with Crippen LogP contribution in [0.2, 0.25) is 0 Å². The minimum atomic E-state index is 0.270. The largest absolute Gasteiger partial charge is 0.327 e. The van der Waals surface area contributed by atoms with E-state index in [1.165, 1.54) is 5.69 Å². The van der Waals surface area contributed by atoms with E-state index in [1.807, 2.05) is 16.9 Å². The molecule has 0 aromatic carbocycles. The molecule has 12 heavy (non-hydrogen) atoms. The van der Waals surface area contributed by atoms with Crippen molar-refractivity contribution in [3.63, 3.8) is 0 Å². The fourth-order valence-electron chi connectivity index (χ4n) is 1.23. The van der Waals surface area contributed by atoms with Crippen LogP contribution in [-0.2, 0) is 13.0 Å². The quantitative estimate of drug-likeness (QED) is 0.732. The monoisotopic (exact) mass is 167 g/mol. The molecule has 0 aliphatic carbocycles. The lowest BCUT2D eigenvalue weighted by molar-refractivity contribution is 0.570. The van der Waals surface area contributed by atoms with Crippen molar-refractivity contribution in [2.75, 3.05) is 0 Å².